The van der Waals surface area contributed by atoms with Gasteiger partial charge in [-0.3, -0.25) is 14.5 Å². The van der Waals surface area contributed by atoms with Gasteiger partial charge >= 0.3 is 6.03 Å². The Morgan fingerprint density at radius 2 is 1.64 bits per heavy atom. The number of benzene rings is 2. The van der Waals surface area contributed by atoms with Crippen molar-refractivity contribution in [1.82, 2.24) is 20.0 Å². The SMILES string of the molecule is CN(Cc1ccccc1)C(=O)NCCC(=O)N1CCN(CC(=O)Nc2ccc(F)cc2)CC1. The van der Waals surface area contributed by atoms with E-state index in [4.69, 9.17) is 0 Å². The number of anilines is 1. The number of amides is 4. The molecule has 3 rings (SSSR count). The number of piperazine rings is 1. The summed E-state index contributed by atoms with van der Waals surface area (Å²) in [5.74, 6) is -0.548. The first-order valence-corrected chi connectivity index (χ1v) is 11.0. The van der Waals surface area contributed by atoms with Crippen molar-refractivity contribution >= 4 is 23.5 Å². The molecule has 0 saturated carbocycles. The highest BCUT2D eigenvalue weighted by Crippen LogP contribution is 2.09. The molecule has 9 heteroatoms. The van der Waals surface area contributed by atoms with E-state index in [0.29, 0.717) is 38.4 Å². The molecule has 1 aliphatic heterocycles. The third-order valence-corrected chi connectivity index (χ3v) is 5.44. The van der Waals surface area contributed by atoms with Crippen LogP contribution in [0.2, 0.25) is 0 Å². The van der Waals surface area contributed by atoms with Crippen molar-refractivity contribution < 1.29 is 18.8 Å². The van der Waals surface area contributed by atoms with Gasteiger partial charge in [0.25, 0.3) is 0 Å². The van der Waals surface area contributed by atoms with Gasteiger partial charge in [-0.25, -0.2) is 9.18 Å². The van der Waals surface area contributed by atoms with Crippen molar-refractivity contribution in [2.45, 2.75) is 13.0 Å². The van der Waals surface area contributed by atoms with Gasteiger partial charge in [-0.05, 0) is 29.8 Å². The van der Waals surface area contributed by atoms with Crippen LogP contribution in [-0.2, 0) is 16.1 Å². The van der Waals surface area contributed by atoms with Gasteiger partial charge < -0.3 is 20.4 Å². The second-order valence-electron chi connectivity index (χ2n) is 8.04. The minimum atomic E-state index is -0.354. The van der Waals surface area contributed by atoms with E-state index in [0.717, 1.165) is 5.56 Å². The number of nitrogens with one attached hydrogen (secondary N) is 2. The number of nitrogens with zero attached hydrogens (tertiary/aromatic N) is 3. The third-order valence-electron chi connectivity index (χ3n) is 5.44. The molecule has 0 bridgehead atoms. The molecular formula is C24H30FN5O3. The Morgan fingerprint density at radius 1 is 0.970 bits per heavy atom. The molecule has 0 unspecified atom stereocenters. The minimum Gasteiger partial charge on any atom is -0.340 e. The van der Waals surface area contributed by atoms with Gasteiger partial charge in [0.1, 0.15) is 5.82 Å². The summed E-state index contributed by atoms with van der Waals surface area (Å²) in [6, 6.07) is 15.1. The molecule has 1 saturated heterocycles. The van der Waals surface area contributed by atoms with Gasteiger partial charge in [0.05, 0.1) is 6.54 Å². The number of hydrogen-bond donors (Lipinski definition) is 2. The molecule has 4 amide bonds. The van der Waals surface area contributed by atoms with Crippen molar-refractivity contribution in [1.29, 1.82) is 0 Å². The highest BCUT2D eigenvalue weighted by atomic mass is 19.1. The van der Waals surface area contributed by atoms with Gasteiger partial charge in [0, 0.05) is 58.4 Å². The number of rotatable bonds is 8. The molecule has 2 aromatic rings. The minimum absolute atomic E-state index is 0.0172. The van der Waals surface area contributed by atoms with E-state index in [1.807, 2.05) is 35.2 Å². The maximum atomic E-state index is 13.0. The van der Waals surface area contributed by atoms with E-state index < -0.39 is 0 Å². The molecule has 1 heterocycles. The standard InChI is InChI=1S/C24H30FN5O3/c1-28(17-19-5-3-2-4-6-19)24(33)26-12-11-23(32)30-15-13-29(14-16-30)18-22(31)27-21-9-7-20(25)8-10-21/h2-10H,11-18H2,1H3,(H,26,33)(H,27,31). The molecule has 176 valence electrons. The number of carbonyl (C=O) groups is 3. The zero-order chi connectivity index (χ0) is 23.6. The van der Waals surface area contributed by atoms with E-state index in [1.54, 1.807) is 16.8 Å². The molecule has 0 atom stereocenters. The monoisotopic (exact) mass is 455 g/mol. The van der Waals surface area contributed by atoms with Crippen LogP contribution in [0, 0.1) is 5.82 Å². The van der Waals surface area contributed by atoms with Crippen molar-refractivity contribution in [3.05, 3.63) is 66.0 Å². The lowest BCUT2D eigenvalue weighted by molar-refractivity contribution is -0.132. The first kappa shape index (κ1) is 24.2. The molecule has 0 aromatic heterocycles. The smallest absolute Gasteiger partial charge is 0.317 e. The molecule has 0 radical (unpaired) electrons. The van der Waals surface area contributed by atoms with Crippen LogP contribution in [0.15, 0.2) is 54.6 Å². The predicted octanol–water partition coefficient (Wildman–Crippen LogP) is 2.14. The van der Waals surface area contributed by atoms with Gasteiger partial charge in [-0.1, -0.05) is 30.3 Å². The largest absolute Gasteiger partial charge is 0.340 e. The summed E-state index contributed by atoms with van der Waals surface area (Å²) < 4.78 is 13.0. The highest BCUT2D eigenvalue weighted by molar-refractivity contribution is 5.92. The molecule has 2 aromatic carbocycles. The third kappa shape index (κ3) is 7.87. The van der Waals surface area contributed by atoms with Crippen molar-refractivity contribution in [2.24, 2.45) is 0 Å². The first-order valence-electron chi connectivity index (χ1n) is 11.0. The molecule has 1 aliphatic rings. The van der Waals surface area contributed by atoms with Crippen LogP contribution in [0.3, 0.4) is 0 Å². The fourth-order valence-corrected chi connectivity index (χ4v) is 3.59. The molecular weight excluding hydrogens is 425 g/mol. The van der Waals surface area contributed by atoms with Crippen LogP contribution in [-0.4, -0.2) is 78.9 Å². The Morgan fingerprint density at radius 3 is 2.30 bits per heavy atom. The average molecular weight is 456 g/mol. The summed E-state index contributed by atoms with van der Waals surface area (Å²) in [5, 5.41) is 5.53. The first-order chi connectivity index (χ1) is 15.9. The highest BCUT2D eigenvalue weighted by Gasteiger charge is 2.22. The van der Waals surface area contributed by atoms with E-state index in [2.05, 4.69) is 10.6 Å². The van der Waals surface area contributed by atoms with Crippen LogP contribution < -0.4 is 10.6 Å². The summed E-state index contributed by atoms with van der Waals surface area (Å²) in [6.07, 6.45) is 0.232. The molecule has 2 N–H and O–H groups in total. The number of halogens is 1. The molecule has 0 spiro atoms. The maximum absolute atomic E-state index is 13.0. The van der Waals surface area contributed by atoms with Gasteiger partial charge in [0.15, 0.2) is 0 Å². The molecule has 1 fully saturated rings. The van der Waals surface area contributed by atoms with Gasteiger partial charge in [0.2, 0.25) is 11.8 Å². The van der Waals surface area contributed by atoms with Crippen LogP contribution in [0.1, 0.15) is 12.0 Å². The lowest BCUT2D eigenvalue weighted by Crippen LogP contribution is -2.51. The van der Waals surface area contributed by atoms with Crippen LogP contribution in [0.25, 0.3) is 0 Å². The maximum Gasteiger partial charge on any atom is 0.317 e. The fraction of sp³-hybridized carbons (Fsp3) is 0.375. The Kier molecular flexibility index (Phi) is 8.77. The Hall–Kier alpha value is -3.46. The van der Waals surface area contributed by atoms with E-state index in [1.165, 1.54) is 24.3 Å². The lowest BCUT2D eigenvalue weighted by Gasteiger charge is -2.34. The van der Waals surface area contributed by atoms with Gasteiger partial charge in [-0.2, -0.15) is 0 Å². The quantitative estimate of drug-likeness (QED) is 0.639. The van der Waals surface area contributed by atoms with E-state index in [-0.39, 0.29) is 43.2 Å². The van der Waals surface area contributed by atoms with Crippen LogP contribution >= 0.6 is 0 Å². The summed E-state index contributed by atoms with van der Waals surface area (Å²) >= 11 is 0. The van der Waals surface area contributed by atoms with Crippen molar-refractivity contribution in [3.63, 3.8) is 0 Å². The molecule has 8 nitrogen and oxygen atoms in total. The average Bonchev–Trinajstić information content (AvgIpc) is 2.81. The zero-order valence-corrected chi connectivity index (χ0v) is 18.8. The number of carbonyl (C=O) groups excluding carboxylic acids is 3. The van der Waals surface area contributed by atoms with Crippen LogP contribution in [0.5, 0.6) is 0 Å². The van der Waals surface area contributed by atoms with Crippen molar-refractivity contribution in [3.8, 4) is 0 Å². The van der Waals surface area contributed by atoms with Crippen LogP contribution in [0.4, 0.5) is 14.9 Å². The number of hydrogen-bond acceptors (Lipinski definition) is 4. The van der Waals surface area contributed by atoms with E-state index in [9.17, 15) is 18.8 Å². The number of urea groups is 1. The Balaban J connectivity index is 1.31. The second kappa shape index (κ2) is 12.0. The Bertz CT molecular complexity index is 931. The summed E-state index contributed by atoms with van der Waals surface area (Å²) in [4.78, 5) is 42.2. The van der Waals surface area contributed by atoms with Crippen molar-refractivity contribution in [2.75, 3.05) is 51.6 Å². The normalized spacial score (nSPS) is 13.9. The fourth-order valence-electron chi connectivity index (χ4n) is 3.59. The summed E-state index contributed by atoms with van der Waals surface area (Å²) in [5.41, 5.74) is 1.59. The molecule has 33 heavy (non-hydrogen) atoms. The van der Waals surface area contributed by atoms with Gasteiger partial charge in [-0.15, -0.1) is 0 Å². The van der Waals surface area contributed by atoms with E-state index >= 15 is 0 Å². The summed E-state index contributed by atoms with van der Waals surface area (Å²) in [7, 11) is 1.72. The topological polar surface area (TPSA) is 85.0 Å². The zero-order valence-electron chi connectivity index (χ0n) is 18.8. The Labute approximate surface area is 193 Å². The lowest BCUT2D eigenvalue weighted by atomic mass is 10.2. The summed E-state index contributed by atoms with van der Waals surface area (Å²) in [6.45, 7) is 3.23. The predicted molar refractivity (Wildman–Crippen MR) is 124 cm³/mol. The molecule has 0 aliphatic carbocycles. The second-order valence-corrected chi connectivity index (χ2v) is 8.04.